The molecule has 1 unspecified atom stereocenters. The minimum atomic E-state index is -0.642. The number of amides is 3. The predicted molar refractivity (Wildman–Crippen MR) is 138 cm³/mol. The largest absolute Gasteiger partial charge is 0.340 e. The van der Waals surface area contributed by atoms with Gasteiger partial charge in [-0.3, -0.25) is 14.4 Å². The van der Waals surface area contributed by atoms with Crippen molar-refractivity contribution in [2.75, 3.05) is 19.6 Å². The Morgan fingerprint density at radius 2 is 1.58 bits per heavy atom. The van der Waals surface area contributed by atoms with Crippen LogP contribution in [-0.2, 0) is 9.59 Å². The van der Waals surface area contributed by atoms with E-state index in [1.807, 2.05) is 47.4 Å². The molecule has 5 rings (SSSR count). The van der Waals surface area contributed by atoms with Gasteiger partial charge in [0.1, 0.15) is 6.04 Å². The van der Waals surface area contributed by atoms with Crippen molar-refractivity contribution in [3.63, 3.8) is 0 Å². The molecule has 8 heteroatoms. The van der Waals surface area contributed by atoms with Gasteiger partial charge in [0.2, 0.25) is 11.8 Å². The van der Waals surface area contributed by atoms with E-state index in [1.165, 1.54) is 0 Å². The highest BCUT2D eigenvalue weighted by Gasteiger charge is 2.57. The molecule has 190 valence electrons. The van der Waals surface area contributed by atoms with Crippen molar-refractivity contribution in [1.29, 1.82) is 0 Å². The summed E-state index contributed by atoms with van der Waals surface area (Å²) in [7, 11) is 0. The lowest BCUT2D eigenvalue weighted by Crippen LogP contribution is -2.54. The van der Waals surface area contributed by atoms with Crippen LogP contribution in [-0.4, -0.2) is 64.4 Å². The summed E-state index contributed by atoms with van der Waals surface area (Å²) in [5.74, 6) is -0.494. The molecule has 0 bridgehead atoms. The fourth-order valence-electron chi connectivity index (χ4n) is 5.55. The zero-order chi connectivity index (χ0) is 25.3. The van der Waals surface area contributed by atoms with Crippen LogP contribution in [0, 0.1) is 0 Å². The van der Waals surface area contributed by atoms with Gasteiger partial charge in [-0.2, -0.15) is 0 Å². The number of nitrogens with zero attached hydrogens (tertiary/aromatic N) is 2. The van der Waals surface area contributed by atoms with Gasteiger partial charge in [-0.05, 0) is 68.2 Å². The maximum Gasteiger partial charge on any atom is 0.251 e. The first-order chi connectivity index (χ1) is 17.3. The van der Waals surface area contributed by atoms with E-state index in [-0.39, 0.29) is 29.8 Å². The third kappa shape index (κ3) is 5.15. The Morgan fingerprint density at radius 3 is 2.28 bits per heavy atom. The first-order valence-electron chi connectivity index (χ1n) is 12.9. The molecule has 2 aliphatic heterocycles. The molecule has 3 amide bonds. The predicted octanol–water partition coefficient (Wildman–Crippen LogP) is 2.23. The molecule has 2 saturated heterocycles. The van der Waals surface area contributed by atoms with Crippen LogP contribution in [0.25, 0.3) is 11.1 Å². The van der Waals surface area contributed by atoms with Crippen molar-refractivity contribution in [1.82, 2.24) is 15.1 Å². The second-order valence-corrected chi connectivity index (χ2v) is 10.7. The van der Waals surface area contributed by atoms with Crippen LogP contribution >= 0.6 is 0 Å². The molecule has 2 aromatic rings. The summed E-state index contributed by atoms with van der Waals surface area (Å²) in [6.45, 7) is 1.29. The Labute approximate surface area is 212 Å². The normalized spacial score (nSPS) is 22.7. The smallest absolute Gasteiger partial charge is 0.251 e. The first-order valence-corrected chi connectivity index (χ1v) is 12.9. The highest BCUT2D eigenvalue weighted by Crippen LogP contribution is 2.46. The van der Waals surface area contributed by atoms with Crippen molar-refractivity contribution >= 4 is 17.7 Å². The standard InChI is InChI=1S/C28H35N5O3/c29-28(30)15-13-27(14-16-28)19-33(27)24(34)18-32-17-5-4-8-23(26(32)36)31-25(35)22-11-9-21(10-12-22)20-6-2-1-3-7-20/h1-3,6-7,9-12,23H,4-5,8,13-19,29-30H2,(H,31,35). The van der Waals surface area contributed by atoms with E-state index in [2.05, 4.69) is 5.32 Å². The van der Waals surface area contributed by atoms with E-state index >= 15 is 0 Å². The number of benzene rings is 2. The molecule has 0 aromatic heterocycles. The van der Waals surface area contributed by atoms with E-state index in [1.54, 1.807) is 17.0 Å². The number of hydrogen-bond acceptors (Lipinski definition) is 5. The van der Waals surface area contributed by atoms with Gasteiger partial charge in [0.05, 0.1) is 17.7 Å². The molecule has 2 heterocycles. The Morgan fingerprint density at radius 1 is 0.917 bits per heavy atom. The van der Waals surface area contributed by atoms with E-state index in [9.17, 15) is 14.4 Å². The Hall–Kier alpha value is -3.23. The summed E-state index contributed by atoms with van der Waals surface area (Å²) in [5, 5.41) is 2.92. The van der Waals surface area contributed by atoms with Crippen LogP contribution in [0.4, 0.5) is 0 Å². The fraction of sp³-hybridized carbons (Fsp3) is 0.464. The molecule has 8 nitrogen and oxygen atoms in total. The number of carbonyl (C=O) groups excluding carboxylic acids is 3. The number of likely N-dealkylation sites (tertiary alicyclic amines) is 1. The van der Waals surface area contributed by atoms with Gasteiger partial charge in [0.15, 0.2) is 0 Å². The molecule has 3 fully saturated rings. The van der Waals surface area contributed by atoms with E-state index in [0.29, 0.717) is 37.9 Å². The summed E-state index contributed by atoms with van der Waals surface area (Å²) < 4.78 is 0. The molecule has 0 radical (unpaired) electrons. The molecule has 5 N–H and O–H groups in total. The van der Waals surface area contributed by atoms with Crippen LogP contribution in [0.15, 0.2) is 54.6 Å². The average molecular weight is 490 g/mol. The highest BCUT2D eigenvalue weighted by atomic mass is 16.2. The van der Waals surface area contributed by atoms with Gasteiger partial charge in [-0.25, -0.2) is 0 Å². The van der Waals surface area contributed by atoms with Gasteiger partial charge in [-0.15, -0.1) is 0 Å². The van der Waals surface area contributed by atoms with Gasteiger partial charge >= 0.3 is 0 Å². The van der Waals surface area contributed by atoms with Crippen molar-refractivity contribution in [2.45, 2.75) is 62.2 Å². The lowest BCUT2D eigenvalue weighted by molar-refractivity contribution is -0.139. The number of carbonyl (C=O) groups is 3. The second kappa shape index (κ2) is 9.67. The molecule has 1 saturated carbocycles. The summed E-state index contributed by atoms with van der Waals surface area (Å²) in [5.41, 5.74) is 13.9. The molecule has 3 aliphatic rings. The molecule has 2 aromatic carbocycles. The van der Waals surface area contributed by atoms with Crippen molar-refractivity contribution in [3.05, 3.63) is 60.2 Å². The van der Waals surface area contributed by atoms with E-state index in [0.717, 1.165) is 36.8 Å². The summed E-state index contributed by atoms with van der Waals surface area (Å²) in [4.78, 5) is 42.8. The first kappa shape index (κ1) is 24.5. The van der Waals surface area contributed by atoms with Gasteiger partial charge in [0.25, 0.3) is 5.91 Å². The summed E-state index contributed by atoms with van der Waals surface area (Å²) >= 11 is 0. The molecule has 1 spiro atoms. The van der Waals surface area contributed by atoms with Crippen molar-refractivity contribution < 1.29 is 14.4 Å². The number of rotatable bonds is 5. The van der Waals surface area contributed by atoms with Crippen LogP contribution in [0.3, 0.4) is 0 Å². The lowest BCUT2D eigenvalue weighted by Gasteiger charge is -2.34. The molecular formula is C28H35N5O3. The number of nitrogens with one attached hydrogen (secondary N) is 1. The monoisotopic (exact) mass is 489 g/mol. The maximum absolute atomic E-state index is 13.3. The maximum atomic E-state index is 13.3. The Kier molecular flexibility index (Phi) is 6.57. The van der Waals surface area contributed by atoms with Crippen LogP contribution < -0.4 is 16.8 Å². The van der Waals surface area contributed by atoms with Crippen LogP contribution in [0.2, 0.25) is 0 Å². The molecule has 36 heavy (non-hydrogen) atoms. The van der Waals surface area contributed by atoms with Gasteiger partial charge < -0.3 is 26.6 Å². The third-order valence-electron chi connectivity index (χ3n) is 8.00. The second-order valence-electron chi connectivity index (χ2n) is 10.7. The zero-order valence-corrected chi connectivity index (χ0v) is 20.6. The topological polar surface area (TPSA) is 122 Å². The fourth-order valence-corrected chi connectivity index (χ4v) is 5.55. The van der Waals surface area contributed by atoms with Crippen LogP contribution in [0.1, 0.15) is 55.3 Å². The molecular weight excluding hydrogens is 454 g/mol. The van der Waals surface area contributed by atoms with Crippen LogP contribution in [0.5, 0.6) is 0 Å². The van der Waals surface area contributed by atoms with Crippen molar-refractivity contribution in [2.24, 2.45) is 11.5 Å². The van der Waals surface area contributed by atoms with Gasteiger partial charge in [-0.1, -0.05) is 42.5 Å². The van der Waals surface area contributed by atoms with E-state index in [4.69, 9.17) is 11.5 Å². The number of nitrogens with two attached hydrogens (primary N) is 2. The molecule has 1 aliphatic carbocycles. The number of hydrogen-bond donors (Lipinski definition) is 3. The highest BCUT2D eigenvalue weighted by molar-refractivity contribution is 5.98. The minimum Gasteiger partial charge on any atom is -0.340 e. The SMILES string of the molecule is NC1(N)CCC2(CC1)CN2C(=O)CN1CCCCC(NC(=O)c2ccc(-c3ccccc3)cc2)C1=O. The third-order valence-corrected chi connectivity index (χ3v) is 8.00. The lowest BCUT2D eigenvalue weighted by atomic mass is 9.82. The summed E-state index contributed by atoms with van der Waals surface area (Å²) in [6.07, 6.45) is 5.20. The molecule has 1 atom stereocenters. The Balaban J connectivity index is 1.18. The summed E-state index contributed by atoms with van der Waals surface area (Å²) in [6, 6.07) is 16.7. The van der Waals surface area contributed by atoms with E-state index < -0.39 is 11.7 Å². The van der Waals surface area contributed by atoms with Gasteiger partial charge in [0, 0.05) is 18.7 Å². The Bertz CT molecular complexity index is 1120. The quantitative estimate of drug-likeness (QED) is 0.439. The minimum absolute atomic E-state index is 0.0339. The average Bonchev–Trinajstić information content (AvgIpc) is 3.63. The zero-order valence-electron chi connectivity index (χ0n) is 20.6. The van der Waals surface area contributed by atoms with Crippen molar-refractivity contribution in [3.8, 4) is 11.1 Å².